The molecule has 150 valence electrons. The summed E-state index contributed by atoms with van der Waals surface area (Å²) >= 11 is 11.9. The van der Waals surface area contributed by atoms with Crippen molar-refractivity contribution >= 4 is 35.0 Å². The van der Waals surface area contributed by atoms with E-state index in [-0.39, 0.29) is 23.7 Å². The minimum absolute atomic E-state index is 0.0287. The van der Waals surface area contributed by atoms with Crippen LogP contribution in [0.15, 0.2) is 24.3 Å². The quantitative estimate of drug-likeness (QED) is 0.518. The maximum atomic E-state index is 12.4. The molecule has 1 heterocycles. The molecule has 1 aromatic carbocycles. The van der Waals surface area contributed by atoms with Crippen LogP contribution in [-0.4, -0.2) is 48.3 Å². The predicted molar refractivity (Wildman–Crippen MR) is 108 cm³/mol. The average molecular weight is 415 g/mol. The maximum absolute atomic E-state index is 12.4. The van der Waals surface area contributed by atoms with Crippen molar-refractivity contribution in [2.45, 2.75) is 45.6 Å². The normalized spacial score (nSPS) is 15.5. The lowest BCUT2D eigenvalue weighted by Gasteiger charge is -2.34. The van der Waals surface area contributed by atoms with E-state index in [0.717, 1.165) is 12.8 Å². The molecule has 5 nitrogen and oxygen atoms in total. The Labute approximate surface area is 171 Å². The second-order valence-electron chi connectivity index (χ2n) is 7.53. The lowest BCUT2D eigenvalue weighted by molar-refractivity contribution is -0.133. The molecule has 1 saturated heterocycles. The van der Waals surface area contributed by atoms with E-state index in [1.807, 2.05) is 36.9 Å². The predicted octanol–water partition coefficient (Wildman–Crippen LogP) is 3.87. The van der Waals surface area contributed by atoms with E-state index in [2.05, 4.69) is 5.32 Å². The summed E-state index contributed by atoms with van der Waals surface area (Å²) in [5.74, 6) is 1.03. The Morgan fingerprint density at radius 1 is 1.26 bits per heavy atom. The number of alkyl halides is 1. The van der Waals surface area contributed by atoms with Gasteiger partial charge >= 0.3 is 0 Å². The van der Waals surface area contributed by atoms with E-state index in [4.69, 9.17) is 27.9 Å². The van der Waals surface area contributed by atoms with Crippen LogP contribution in [0.3, 0.4) is 0 Å². The van der Waals surface area contributed by atoms with Crippen molar-refractivity contribution in [3.63, 3.8) is 0 Å². The number of hydrogen-bond acceptors (Lipinski definition) is 3. The first-order valence-corrected chi connectivity index (χ1v) is 10.3. The van der Waals surface area contributed by atoms with Crippen molar-refractivity contribution in [1.29, 1.82) is 0 Å². The van der Waals surface area contributed by atoms with Crippen LogP contribution in [0.25, 0.3) is 0 Å². The SMILES string of the molecule is CC(C)(CCl)C(=O)NC1CCN(C(=O)CCCOc2ccccc2Cl)CC1. The fraction of sp³-hybridized carbons (Fsp3) is 0.600. The number of halogens is 2. The molecule has 1 N–H and O–H groups in total. The summed E-state index contributed by atoms with van der Waals surface area (Å²) in [7, 11) is 0. The van der Waals surface area contributed by atoms with Crippen LogP contribution in [-0.2, 0) is 9.59 Å². The number of carbonyl (C=O) groups is 2. The summed E-state index contributed by atoms with van der Waals surface area (Å²) in [6.45, 7) is 5.44. The maximum Gasteiger partial charge on any atom is 0.227 e. The van der Waals surface area contributed by atoms with Crippen LogP contribution in [0, 0.1) is 5.41 Å². The molecule has 1 aromatic rings. The molecule has 27 heavy (non-hydrogen) atoms. The number of rotatable bonds is 8. The third kappa shape index (κ3) is 6.58. The molecule has 0 bridgehead atoms. The average Bonchev–Trinajstić information content (AvgIpc) is 2.66. The summed E-state index contributed by atoms with van der Waals surface area (Å²) in [6, 6.07) is 7.41. The Morgan fingerprint density at radius 2 is 1.93 bits per heavy atom. The Bertz CT molecular complexity index is 644. The Kier molecular flexibility index (Phi) is 8.24. The van der Waals surface area contributed by atoms with Crippen molar-refractivity contribution < 1.29 is 14.3 Å². The van der Waals surface area contributed by atoms with Crippen LogP contribution < -0.4 is 10.1 Å². The van der Waals surface area contributed by atoms with E-state index in [1.165, 1.54) is 0 Å². The zero-order valence-corrected chi connectivity index (χ0v) is 17.5. The van der Waals surface area contributed by atoms with Gasteiger partial charge in [0.05, 0.1) is 17.0 Å². The zero-order valence-electron chi connectivity index (χ0n) is 16.0. The summed E-state index contributed by atoms with van der Waals surface area (Å²) < 4.78 is 5.62. The van der Waals surface area contributed by atoms with E-state index < -0.39 is 5.41 Å². The molecule has 0 aliphatic carbocycles. The summed E-state index contributed by atoms with van der Waals surface area (Å²) in [4.78, 5) is 26.4. The highest BCUT2D eigenvalue weighted by atomic mass is 35.5. The minimum atomic E-state index is -0.573. The number of piperidine rings is 1. The molecule has 2 rings (SSSR count). The van der Waals surface area contributed by atoms with Gasteiger partial charge in [-0.1, -0.05) is 23.7 Å². The molecule has 1 aliphatic heterocycles. The van der Waals surface area contributed by atoms with Gasteiger partial charge in [-0.3, -0.25) is 9.59 Å². The largest absolute Gasteiger partial charge is 0.492 e. The van der Waals surface area contributed by atoms with Gasteiger partial charge in [0.1, 0.15) is 5.75 Å². The summed E-state index contributed by atoms with van der Waals surface area (Å²) in [5, 5.41) is 3.63. The third-order valence-electron chi connectivity index (χ3n) is 4.76. The van der Waals surface area contributed by atoms with Gasteiger partial charge in [0.25, 0.3) is 0 Å². The van der Waals surface area contributed by atoms with E-state index in [1.54, 1.807) is 6.07 Å². The molecule has 2 amide bonds. The molecule has 0 atom stereocenters. The Balaban J connectivity index is 1.66. The molecule has 7 heteroatoms. The van der Waals surface area contributed by atoms with Gasteiger partial charge in [-0.15, -0.1) is 11.6 Å². The van der Waals surface area contributed by atoms with Crippen molar-refractivity contribution in [3.05, 3.63) is 29.3 Å². The lowest BCUT2D eigenvalue weighted by Crippen LogP contribution is -2.49. The number of ether oxygens (including phenoxy) is 1. The van der Waals surface area contributed by atoms with Gasteiger partial charge < -0.3 is 15.0 Å². The second kappa shape index (κ2) is 10.2. The monoisotopic (exact) mass is 414 g/mol. The number of nitrogens with zero attached hydrogens (tertiary/aromatic N) is 1. The van der Waals surface area contributed by atoms with E-state index in [9.17, 15) is 9.59 Å². The van der Waals surface area contributed by atoms with Crippen LogP contribution >= 0.6 is 23.2 Å². The van der Waals surface area contributed by atoms with Crippen LogP contribution in [0.2, 0.25) is 5.02 Å². The fourth-order valence-electron chi connectivity index (χ4n) is 2.84. The molecule has 1 fully saturated rings. The highest BCUT2D eigenvalue weighted by Gasteiger charge is 2.30. The standard InChI is InChI=1S/C20H28Cl2N2O3/c1-20(2,14-21)19(26)23-15-9-11-24(12-10-15)18(25)8-5-13-27-17-7-4-3-6-16(17)22/h3-4,6-7,15H,5,8-14H2,1-2H3,(H,23,26). The number of hydrogen-bond donors (Lipinski definition) is 1. The Morgan fingerprint density at radius 3 is 2.56 bits per heavy atom. The van der Waals surface area contributed by atoms with Gasteiger partial charge in [-0.2, -0.15) is 0 Å². The van der Waals surface area contributed by atoms with E-state index in [0.29, 0.717) is 43.3 Å². The van der Waals surface area contributed by atoms with Crippen molar-refractivity contribution in [2.24, 2.45) is 5.41 Å². The second-order valence-corrected chi connectivity index (χ2v) is 8.20. The topological polar surface area (TPSA) is 58.6 Å². The number of para-hydroxylation sites is 1. The van der Waals surface area contributed by atoms with Gasteiger partial charge in [0.15, 0.2) is 0 Å². The molecular weight excluding hydrogens is 387 g/mol. The summed E-state index contributed by atoms with van der Waals surface area (Å²) in [6.07, 6.45) is 2.63. The first kappa shape index (κ1) is 21.8. The first-order chi connectivity index (χ1) is 12.8. The van der Waals surface area contributed by atoms with Gasteiger partial charge in [-0.05, 0) is 45.2 Å². The van der Waals surface area contributed by atoms with E-state index >= 15 is 0 Å². The smallest absolute Gasteiger partial charge is 0.227 e. The van der Waals surface area contributed by atoms with Crippen molar-refractivity contribution in [2.75, 3.05) is 25.6 Å². The van der Waals surface area contributed by atoms with Crippen LogP contribution in [0.1, 0.15) is 39.5 Å². The molecule has 0 saturated carbocycles. The number of likely N-dealkylation sites (tertiary alicyclic amines) is 1. The highest BCUT2D eigenvalue weighted by Crippen LogP contribution is 2.23. The fourth-order valence-corrected chi connectivity index (χ4v) is 3.15. The van der Waals surface area contributed by atoms with Gasteiger partial charge in [0, 0.05) is 31.4 Å². The van der Waals surface area contributed by atoms with Crippen LogP contribution in [0.4, 0.5) is 0 Å². The highest BCUT2D eigenvalue weighted by molar-refractivity contribution is 6.32. The van der Waals surface area contributed by atoms with Gasteiger partial charge in [-0.25, -0.2) is 0 Å². The molecule has 0 radical (unpaired) electrons. The lowest BCUT2D eigenvalue weighted by atomic mass is 9.93. The minimum Gasteiger partial charge on any atom is -0.492 e. The summed E-state index contributed by atoms with van der Waals surface area (Å²) in [5.41, 5.74) is -0.573. The molecule has 0 spiro atoms. The number of carbonyl (C=O) groups excluding carboxylic acids is 2. The third-order valence-corrected chi connectivity index (χ3v) is 5.74. The molecular formula is C20H28Cl2N2O3. The molecule has 0 aromatic heterocycles. The first-order valence-electron chi connectivity index (χ1n) is 9.35. The van der Waals surface area contributed by atoms with Crippen LogP contribution in [0.5, 0.6) is 5.75 Å². The number of nitrogens with one attached hydrogen (secondary N) is 1. The number of benzene rings is 1. The Hall–Kier alpha value is -1.46. The number of amides is 2. The molecule has 0 unspecified atom stereocenters. The zero-order chi connectivity index (χ0) is 19.9. The van der Waals surface area contributed by atoms with Crippen molar-refractivity contribution in [3.8, 4) is 5.75 Å². The van der Waals surface area contributed by atoms with Gasteiger partial charge in [0.2, 0.25) is 11.8 Å². The molecule has 1 aliphatic rings. The van der Waals surface area contributed by atoms with Crippen molar-refractivity contribution in [1.82, 2.24) is 10.2 Å².